The first-order valence-corrected chi connectivity index (χ1v) is 13.3. The van der Waals surface area contributed by atoms with Crippen molar-refractivity contribution in [1.29, 1.82) is 0 Å². The van der Waals surface area contributed by atoms with Crippen LogP contribution in [-0.4, -0.2) is 71.3 Å². The van der Waals surface area contributed by atoms with Crippen molar-refractivity contribution in [2.24, 2.45) is 11.8 Å². The number of hydrogen-bond acceptors (Lipinski definition) is 6. The highest BCUT2D eigenvalue weighted by atomic mass is 35.5. The van der Waals surface area contributed by atoms with Crippen LogP contribution in [0.4, 0.5) is 5.69 Å². The molecule has 0 radical (unpaired) electrons. The van der Waals surface area contributed by atoms with Gasteiger partial charge in [-0.15, -0.1) is 13.2 Å². The first kappa shape index (κ1) is 27.4. The fourth-order valence-electron chi connectivity index (χ4n) is 6.45. The van der Waals surface area contributed by atoms with Crippen molar-refractivity contribution in [2.45, 2.75) is 56.3 Å². The van der Waals surface area contributed by atoms with Crippen LogP contribution >= 0.6 is 11.6 Å². The highest BCUT2D eigenvalue weighted by Gasteiger charge is 2.79. The number of allylic oxidation sites excluding steroid dienone is 1. The first-order chi connectivity index (χ1) is 17.8. The number of hydrogen-bond donors (Lipinski definition) is 1. The summed E-state index contributed by atoms with van der Waals surface area (Å²) in [6.45, 7) is 9.40. The van der Waals surface area contributed by atoms with Crippen molar-refractivity contribution in [2.75, 3.05) is 31.2 Å². The molecular weight excluding hydrogens is 496 g/mol. The summed E-state index contributed by atoms with van der Waals surface area (Å²) in [5.41, 5.74) is -1.60. The molecule has 3 aliphatic rings. The number of rotatable bonds is 12. The van der Waals surface area contributed by atoms with Gasteiger partial charge in [-0.05, 0) is 44.2 Å². The van der Waals surface area contributed by atoms with Gasteiger partial charge in [-0.2, -0.15) is 0 Å². The monoisotopic (exact) mass is 530 g/mol. The molecule has 5 atom stereocenters. The van der Waals surface area contributed by atoms with E-state index in [1.54, 1.807) is 36.4 Å². The van der Waals surface area contributed by atoms with Gasteiger partial charge in [0.25, 0.3) is 5.91 Å². The largest absolute Gasteiger partial charge is 0.465 e. The van der Waals surface area contributed by atoms with Crippen LogP contribution in [0.15, 0.2) is 49.6 Å². The fourth-order valence-corrected chi connectivity index (χ4v) is 6.69. The first-order valence-electron chi connectivity index (χ1n) is 12.9. The summed E-state index contributed by atoms with van der Waals surface area (Å²) in [6.07, 6.45) is 6.18. The summed E-state index contributed by atoms with van der Waals surface area (Å²) in [7, 11) is 0. The Balaban J connectivity index is 1.75. The molecule has 1 aromatic rings. The molecule has 3 saturated heterocycles. The van der Waals surface area contributed by atoms with E-state index < -0.39 is 35.0 Å². The summed E-state index contributed by atoms with van der Waals surface area (Å²) in [5.74, 6) is -2.92. The van der Waals surface area contributed by atoms with Crippen molar-refractivity contribution in [1.82, 2.24) is 4.90 Å². The molecule has 9 heteroatoms. The van der Waals surface area contributed by atoms with E-state index in [0.29, 0.717) is 42.8 Å². The second-order valence-electron chi connectivity index (χ2n) is 9.88. The van der Waals surface area contributed by atoms with Gasteiger partial charge in [-0.1, -0.05) is 42.8 Å². The summed E-state index contributed by atoms with van der Waals surface area (Å²) in [5, 5.41) is 10.2. The fraction of sp³-hybridized carbons (Fsp3) is 0.536. The number of carbonyl (C=O) groups is 3. The Kier molecular flexibility index (Phi) is 8.11. The molecule has 0 aromatic heterocycles. The number of likely N-dealkylation sites (tertiary alicyclic amines) is 1. The zero-order valence-electron chi connectivity index (χ0n) is 21.2. The van der Waals surface area contributed by atoms with E-state index in [2.05, 4.69) is 13.2 Å². The maximum absolute atomic E-state index is 14.3. The Bertz CT molecular complexity index is 1080. The number of aliphatic hydroxyl groups is 1. The zero-order chi connectivity index (χ0) is 26.8. The van der Waals surface area contributed by atoms with Crippen LogP contribution in [0.1, 0.15) is 39.0 Å². The molecule has 1 aromatic carbocycles. The van der Waals surface area contributed by atoms with Gasteiger partial charge in [0.2, 0.25) is 5.91 Å². The number of benzene rings is 1. The molecule has 2 unspecified atom stereocenters. The van der Waals surface area contributed by atoms with Crippen LogP contribution in [-0.2, 0) is 23.9 Å². The molecule has 4 rings (SSSR count). The average molecular weight is 531 g/mol. The number of fused-ring (bicyclic) bond motifs is 1. The van der Waals surface area contributed by atoms with Gasteiger partial charge in [0.05, 0.1) is 35.4 Å². The Morgan fingerprint density at radius 2 is 2.05 bits per heavy atom. The normalized spacial score (nSPS) is 29.8. The molecule has 8 nitrogen and oxygen atoms in total. The number of amides is 2. The third kappa shape index (κ3) is 4.39. The van der Waals surface area contributed by atoms with Gasteiger partial charge in [-0.3, -0.25) is 14.4 Å². The van der Waals surface area contributed by atoms with Gasteiger partial charge < -0.3 is 24.4 Å². The van der Waals surface area contributed by atoms with Crippen molar-refractivity contribution in [3.05, 3.63) is 54.6 Å². The minimum absolute atomic E-state index is 0.0540. The summed E-state index contributed by atoms with van der Waals surface area (Å²) in [6, 6.07) is 5.94. The molecule has 0 aliphatic carbocycles. The number of nitrogens with zero attached hydrogens (tertiary/aromatic N) is 2. The quantitative estimate of drug-likeness (QED) is 0.252. The second-order valence-corrected chi connectivity index (χ2v) is 10.3. The van der Waals surface area contributed by atoms with Crippen molar-refractivity contribution in [3.63, 3.8) is 0 Å². The number of ether oxygens (including phenoxy) is 2. The standard InChI is InChI=1S/C28H35ClN2O6/c1-4-7-10-18-36-26(35)22-21-24(33)31(16-17-32)23(28(21)14-13-27(22,6-3)37-28)25(34)30(15-5-2)20-12-9-8-11-19(20)29/h4-5,8-9,11-12,21-23,32H,1-2,6-7,10,13-18H2,3H3/t21-,22+,23?,27-,28?/m0/s1. The van der Waals surface area contributed by atoms with E-state index in [4.69, 9.17) is 21.1 Å². The van der Waals surface area contributed by atoms with Gasteiger partial charge in [0.15, 0.2) is 0 Å². The van der Waals surface area contributed by atoms with Gasteiger partial charge >= 0.3 is 5.97 Å². The van der Waals surface area contributed by atoms with E-state index in [0.717, 1.165) is 0 Å². The maximum atomic E-state index is 14.3. The third-order valence-corrected chi connectivity index (χ3v) is 8.35. The number of unbranched alkanes of at least 4 members (excludes halogenated alkanes) is 1. The topological polar surface area (TPSA) is 96.4 Å². The van der Waals surface area contributed by atoms with Gasteiger partial charge in [0.1, 0.15) is 17.6 Å². The molecule has 2 amide bonds. The highest BCUT2D eigenvalue weighted by Crippen LogP contribution is 2.64. The van der Waals surface area contributed by atoms with Crippen LogP contribution in [0.2, 0.25) is 5.02 Å². The molecule has 3 aliphatic heterocycles. The summed E-state index contributed by atoms with van der Waals surface area (Å²) < 4.78 is 12.3. The lowest BCUT2D eigenvalue weighted by atomic mass is 9.65. The lowest BCUT2D eigenvalue weighted by Crippen LogP contribution is -2.57. The predicted octanol–water partition coefficient (Wildman–Crippen LogP) is 3.52. The van der Waals surface area contributed by atoms with Crippen molar-refractivity contribution < 1.29 is 29.0 Å². The average Bonchev–Trinajstić information content (AvgIpc) is 3.49. The van der Waals surface area contributed by atoms with Crippen LogP contribution in [0.3, 0.4) is 0 Å². The molecule has 0 saturated carbocycles. The van der Waals surface area contributed by atoms with E-state index in [9.17, 15) is 19.5 Å². The molecule has 37 heavy (non-hydrogen) atoms. The Morgan fingerprint density at radius 1 is 1.30 bits per heavy atom. The molecular formula is C28H35ClN2O6. The van der Waals surface area contributed by atoms with E-state index in [1.807, 2.05) is 6.92 Å². The summed E-state index contributed by atoms with van der Waals surface area (Å²) >= 11 is 6.45. The smallest absolute Gasteiger partial charge is 0.312 e. The van der Waals surface area contributed by atoms with E-state index >= 15 is 0 Å². The number of halogens is 1. The number of aliphatic hydroxyl groups excluding tert-OH is 1. The molecule has 1 N–H and O–H groups in total. The Hall–Kier alpha value is -2.68. The second kappa shape index (κ2) is 11.0. The maximum Gasteiger partial charge on any atom is 0.312 e. The van der Waals surface area contributed by atoms with E-state index in [1.165, 1.54) is 9.80 Å². The van der Waals surface area contributed by atoms with Crippen molar-refractivity contribution >= 4 is 35.1 Å². The van der Waals surface area contributed by atoms with Crippen LogP contribution < -0.4 is 4.90 Å². The Labute approximate surface area is 222 Å². The number of esters is 1. The lowest BCUT2D eigenvalue weighted by molar-refractivity contribution is -0.161. The van der Waals surface area contributed by atoms with Crippen LogP contribution in [0.25, 0.3) is 0 Å². The van der Waals surface area contributed by atoms with Gasteiger partial charge in [0, 0.05) is 13.1 Å². The molecule has 200 valence electrons. The number of anilines is 1. The van der Waals surface area contributed by atoms with Crippen LogP contribution in [0, 0.1) is 11.8 Å². The third-order valence-electron chi connectivity index (χ3n) is 8.03. The zero-order valence-corrected chi connectivity index (χ0v) is 22.0. The summed E-state index contributed by atoms with van der Waals surface area (Å²) in [4.78, 5) is 44.5. The van der Waals surface area contributed by atoms with Crippen molar-refractivity contribution in [3.8, 4) is 0 Å². The minimum atomic E-state index is -1.20. The molecule has 3 fully saturated rings. The van der Waals surface area contributed by atoms with Crippen LogP contribution in [0.5, 0.6) is 0 Å². The number of carbonyl (C=O) groups excluding carboxylic acids is 3. The number of β-amino-alcohol motifs (C(OH)–C–C–N with tert-alkyl or cyclic N) is 1. The minimum Gasteiger partial charge on any atom is -0.465 e. The highest BCUT2D eigenvalue weighted by molar-refractivity contribution is 6.34. The van der Waals surface area contributed by atoms with E-state index in [-0.39, 0.29) is 38.1 Å². The molecule has 3 heterocycles. The SMILES string of the molecule is C=CCCCOC(=O)[C@H]1[C@H]2C(=O)N(CCO)C(C(=O)N(CC=C)c3ccccc3Cl)C23CC[C@]1(CC)O3. The molecule has 1 spiro atoms. The van der Waals surface area contributed by atoms with Gasteiger partial charge in [-0.25, -0.2) is 0 Å². The Morgan fingerprint density at radius 3 is 2.70 bits per heavy atom. The lowest BCUT2D eigenvalue weighted by Gasteiger charge is -2.36. The molecule has 2 bridgehead atoms. The number of para-hydroxylation sites is 1. The predicted molar refractivity (Wildman–Crippen MR) is 140 cm³/mol.